The van der Waals surface area contributed by atoms with Gasteiger partial charge in [0.05, 0.1) is 21.1 Å². The Labute approximate surface area is 130 Å². The summed E-state index contributed by atoms with van der Waals surface area (Å²) in [7, 11) is 0. The lowest BCUT2D eigenvalue weighted by Crippen LogP contribution is -2.02. The van der Waals surface area contributed by atoms with Crippen molar-refractivity contribution in [2.24, 2.45) is 0 Å². The molecule has 2 aromatic heterocycles. The average molecular weight is 318 g/mol. The summed E-state index contributed by atoms with van der Waals surface area (Å²) in [6.07, 6.45) is 0. The standard InChI is InChI=1S/C16H12ClNO2S/c1-8-3-9(2)15-11(16(19)20)6-12(18-13(15)4-8)10-5-14(17)21-7-10/h3-7H,1-2H3,(H,19,20). The van der Waals surface area contributed by atoms with Gasteiger partial charge in [-0.15, -0.1) is 11.3 Å². The van der Waals surface area contributed by atoms with Crippen molar-refractivity contribution in [2.45, 2.75) is 13.8 Å². The van der Waals surface area contributed by atoms with Gasteiger partial charge >= 0.3 is 5.97 Å². The van der Waals surface area contributed by atoms with Gasteiger partial charge in [-0.1, -0.05) is 17.7 Å². The number of hydrogen-bond donors (Lipinski definition) is 1. The molecule has 0 fully saturated rings. The number of carboxylic acid groups (broad SMARTS) is 1. The lowest BCUT2D eigenvalue weighted by atomic mass is 9.99. The van der Waals surface area contributed by atoms with Gasteiger partial charge in [0.2, 0.25) is 0 Å². The third-order valence-electron chi connectivity index (χ3n) is 3.34. The fourth-order valence-electron chi connectivity index (χ4n) is 2.52. The van der Waals surface area contributed by atoms with Crippen LogP contribution in [0.4, 0.5) is 0 Å². The monoisotopic (exact) mass is 317 g/mol. The van der Waals surface area contributed by atoms with Gasteiger partial charge in [0.15, 0.2) is 0 Å². The van der Waals surface area contributed by atoms with Gasteiger partial charge in [-0.2, -0.15) is 0 Å². The highest BCUT2D eigenvalue weighted by molar-refractivity contribution is 7.14. The molecule has 0 atom stereocenters. The number of carbonyl (C=O) groups is 1. The molecule has 106 valence electrons. The maximum atomic E-state index is 11.6. The third kappa shape index (κ3) is 2.52. The summed E-state index contributed by atoms with van der Waals surface area (Å²) < 4.78 is 0.657. The van der Waals surface area contributed by atoms with E-state index in [1.54, 1.807) is 12.1 Å². The lowest BCUT2D eigenvalue weighted by molar-refractivity contribution is 0.0699. The van der Waals surface area contributed by atoms with Crippen molar-refractivity contribution in [3.63, 3.8) is 0 Å². The topological polar surface area (TPSA) is 50.2 Å². The van der Waals surface area contributed by atoms with Crippen molar-refractivity contribution >= 4 is 39.8 Å². The number of thiophene rings is 1. The highest BCUT2D eigenvalue weighted by atomic mass is 35.5. The predicted octanol–water partition coefficient (Wildman–Crippen LogP) is 4.93. The molecular formula is C16H12ClNO2S. The van der Waals surface area contributed by atoms with Gasteiger partial charge in [-0.3, -0.25) is 0 Å². The molecule has 3 rings (SSSR count). The number of aryl methyl sites for hydroxylation is 2. The van der Waals surface area contributed by atoms with Gasteiger partial charge in [0, 0.05) is 16.3 Å². The Kier molecular flexibility index (Phi) is 3.43. The molecule has 0 amide bonds. The van der Waals surface area contributed by atoms with Crippen molar-refractivity contribution < 1.29 is 9.90 Å². The summed E-state index contributed by atoms with van der Waals surface area (Å²) in [6, 6.07) is 7.30. The van der Waals surface area contributed by atoms with Crippen LogP contribution in [-0.2, 0) is 0 Å². The summed E-state index contributed by atoms with van der Waals surface area (Å²) in [6.45, 7) is 3.88. The number of benzene rings is 1. The molecule has 3 aromatic rings. The molecule has 0 aliphatic heterocycles. The van der Waals surface area contributed by atoms with Crippen LogP contribution in [0.15, 0.2) is 29.6 Å². The first-order chi connectivity index (χ1) is 9.95. The number of carboxylic acids is 1. The molecule has 0 saturated carbocycles. The number of aromatic carboxylic acids is 1. The second-order valence-electron chi connectivity index (χ2n) is 4.98. The molecule has 0 aliphatic rings. The summed E-state index contributed by atoms with van der Waals surface area (Å²) in [5, 5.41) is 12.1. The number of pyridine rings is 1. The first-order valence-corrected chi connectivity index (χ1v) is 7.61. The molecule has 2 heterocycles. The van der Waals surface area contributed by atoms with Gasteiger partial charge in [0.25, 0.3) is 0 Å². The number of hydrogen-bond acceptors (Lipinski definition) is 3. The Morgan fingerprint density at radius 2 is 2.00 bits per heavy atom. The molecule has 21 heavy (non-hydrogen) atoms. The van der Waals surface area contributed by atoms with Crippen LogP contribution in [0.25, 0.3) is 22.2 Å². The second kappa shape index (κ2) is 5.13. The van der Waals surface area contributed by atoms with Crippen molar-refractivity contribution in [1.29, 1.82) is 0 Å². The fraction of sp³-hybridized carbons (Fsp3) is 0.125. The maximum Gasteiger partial charge on any atom is 0.336 e. The lowest BCUT2D eigenvalue weighted by Gasteiger charge is -2.09. The van der Waals surface area contributed by atoms with Crippen LogP contribution < -0.4 is 0 Å². The minimum absolute atomic E-state index is 0.273. The first kappa shape index (κ1) is 14.0. The first-order valence-electron chi connectivity index (χ1n) is 6.35. The van der Waals surface area contributed by atoms with E-state index < -0.39 is 5.97 Å². The number of halogens is 1. The van der Waals surface area contributed by atoms with E-state index in [1.807, 2.05) is 31.4 Å². The summed E-state index contributed by atoms with van der Waals surface area (Å²) in [5.74, 6) is -0.947. The summed E-state index contributed by atoms with van der Waals surface area (Å²) in [5.41, 5.74) is 4.43. The molecule has 1 aromatic carbocycles. The van der Waals surface area contributed by atoms with Gasteiger partial charge in [-0.25, -0.2) is 9.78 Å². The SMILES string of the molecule is Cc1cc(C)c2c(C(=O)O)cc(-c3csc(Cl)c3)nc2c1. The molecule has 1 N–H and O–H groups in total. The van der Waals surface area contributed by atoms with Crippen LogP contribution in [0.1, 0.15) is 21.5 Å². The smallest absolute Gasteiger partial charge is 0.336 e. The van der Waals surface area contributed by atoms with E-state index in [4.69, 9.17) is 11.6 Å². The Morgan fingerprint density at radius 3 is 2.62 bits per heavy atom. The number of fused-ring (bicyclic) bond motifs is 1. The molecule has 0 unspecified atom stereocenters. The molecule has 3 nitrogen and oxygen atoms in total. The van der Waals surface area contributed by atoms with Gasteiger partial charge in [0.1, 0.15) is 0 Å². The zero-order valence-corrected chi connectivity index (χ0v) is 13.0. The minimum atomic E-state index is -0.947. The number of aromatic nitrogens is 1. The van der Waals surface area contributed by atoms with E-state index in [0.29, 0.717) is 20.9 Å². The highest BCUT2D eigenvalue weighted by Gasteiger charge is 2.15. The van der Waals surface area contributed by atoms with Gasteiger partial charge < -0.3 is 5.11 Å². The summed E-state index contributed by atoms with van der Waals surface area (Å²) in [4.78, 5) is 16.2. The van der Waals surface area contributed by atoms with Crippen molar-refractivity contribution in [1.82, 2.24) is 4.98 Å². The van der Waals surface area contributed by atoms with Gasteiger partial charge in [-0.05, 0) is 43.2 Å². The van der Waals surface area contributed by atoms with E-state index in [1.165, 1.54) is 11.3 Å². The third-order valence-corrected chi connectivity index (χ3v) is 4.44. The van der Waals surface area contributed by atoms with Crippen LogP contribution in [0.2, 0.25) is 4.34 Å². The number of rotatable bonds is 2. The summed E-state index contributed by atoms with van der Waals surface area (Å²) >= 11 is 7.36. The molecule has 0 radical (unpaired) electrons. The number of nitrogens with zero attached hydrogens (tertiary/aromatic N) is 1. The predicted molar refractivity (Wildman–Crippen MR) is 86.5 cm³/mol. The molecule has 0 bridgehead atoms. The van der Waals surface area contributed by atoms with Crippen molar-refractivity contribution in [3.8, 4) is 11.3 Å². The van der Waals surface area contributed by atoms with E-state index >= 15 is 0 Å². The second-order valence-corrected chi connectivity index (χ2v) is 6.52. The van der Waals surface area contributed by atoms with Crippen LogP contribution in [0.5, 0.6) is 0 Å². The Morgan fingerprint density at radius 1 is 1.24 bits per heavy atom. The van der Waals surface area contributed by atoms with Crippen molar-refractivity contribution in [3.05, 3.63) is 50.7 Å². The van der Waals surface area contributed by atoms with Crippen LogP contribution in [0.3, 0.4) is 0 Å². The minimum Gasteiger partial charge on any atom is -0.478 e. The molecule has 0 aliphatic carbocycles. The van der Waals surface area contributed by atoms with E-state index in [-0.39, 0.29) is 5.56 Å². The normalized spacial score (nSPS) is 11.0. The van der Waals surface area contributed by atoms with E-state index in [2.05, 4.69) is 4.98 Å². The van der Waals surface area contributed by atoms with Crippen LogP contribution >= 0.6 is 22.9 Å². The Hall–Kier alpha value is -1.91. The van der Waals surface area contributed by atoms with Crippen LogP contribution in [0, 0.1) is 13.8 Å². The fourth-order valence-corrected chi connectivity index (χ4v) is 3.39. The molecule has 5 heteroatoms. The zero-order chi connectivity index (χ0) is 15.1. The zero-order valence-electron chi connectivity index (χ0n) is 11.5. The Balaban J connectivity index is 2.37. The molecule has 0 spiro atoms. The molecule has 0 saturated heterocycles. The quantitative estimate of drug-likeness (QED) is 0.729. The van der Waals surface area contributed by atoms with E-state index in [0.717, 1.165) is 16.7 Å². The van der Waals surface area contributed by atoms with Crippen LogP contribution in [-0.4, -0.2) is 16.1 Å². The average Bonchev–Trinajstić information content (AvgIpc) is 2.83. The molecular weight excluding hydrogens is 306 g/mol. The van der Waals surface area contributed by atoms with E-state index in [9.17, 15) is 9.90 Å². The maximum absolute atomic E-state index is 11.6. The highest BCUT2D eigenvalue weighted by Crippen LogP contribution is 2.31. The Bertz CT molecular complexity index is 870. The van der Waals surface area contributed by atoms with Crippen molar-refractivity contribution in [2.75, 3.05) is 0 Å². The largest absolute Gasteiger partial charge is 0.478 e.